The summed E-state index contributed by atoms with van der Waals surface area (Å²) in [7, 11) is 0. The van der Waals surface area contributed by atoms with Crippen molar-refractivity contribution in [3.63, 3.8) is 0 Å². The number of carbonyl (C=O) groups excluding carboxylic acids is 1. The van der Waals surface area contributed by atoms with Crippen molar-refractivity contribution < 1.29 is 4.79 Å². The van der Waals surface area contributed by atoms with Crippen LogP contribution in [0.25, 0.3) is 0 Å². The number of anilines is 1. The quantitative estimate of drug-likeness (QED) is 0.698. The Hall–Kier alpha value is -0.830. The van der Waals surface area contributed by atoms with Crippen molar-refractivity contribution in [1.82, 2.24) is 0 Å². The second-order valence-electron chi connectivity index (χ2n) is 3.73. The Balaban J connectivity index is 2.08. The number of hydrogen-bond donors (Lipinski definition) is 0. The summed E-state index contributed by atoms with van der Waals surface area (Å²) in [4.78, 5) is 13.8. The Bertz CT molecular complexity index is 300. The van der Waals surface area contributed by atoms with Crippen molar-refractivity contribution in [2.45, 2.75) is 25.7 Å². The zero-order valence-electron chi connectivity index (χ0n) is 8.24. The molecule has 1 fully saturated rings. The summed E-state index contributed by atoms with van der Waals surface area (Å²) in [6.45, 7) is 2.30. The topological polar surface area (TPSA) is 20.3 Å². The van der Waals surface area contributed by atoms with Gasteiger partial charge in [-0.25, -0.2) is 0 Å². The van der Waals surface area contributed by atoms with Gasteiger partial charge in [0, 0.05) is 24.2 Å². The van der Waals surface area contributed by atoms with E-state index in [9.17, 15) is 4.79 Å². The molecule has 0 aromatic carbocycles. The molecule has 2 nitrogen and oxygen atoms in total. The van der Waals surface area contributed by atoms with Crippen LogP contribution in [0.4, 0.5) is 5.69 Å². The van der Waals surface area contributed by atoms with Gasteiger partial charge in [-0.2, -0.15) is 0 Å². The molecule has 1 aliphatic heterocycles. The summed E-state index contributed by atoms with van der Waals surface area (Å²) in [5, 5.41) is 2.09. The van der Waals surface area contributed by atoms with E-state index in [-0.39, 0.29) is 0 Å². The van der Waals surface area contributed by atoms with Crippen LogP contribution >= 0.6 is 11.3 Å². The van der Waals surface area contributed by atoms with Gasteiger partial charge >= 0.3 is 0 Å². The predicted molar refractivity (Wildman–Crippen MR) is 60.4 cm³/mol. The first kappa shape index (κ1) is 9.71. The minimum absolute atomic E-state index is 0.837. The van der Waals surface area contributed by atoms with Crippen molar-refractivity contribution in [2.24, 2.45) is 0 Å². The zero-order chi connectivity index (χ0) is 9.80. The number of carbonyl (C=O) groups is 1. The number of hydrogen-bond acceptors (Lipinski definition) is 3. The number of thiophene rings is 1. The van der Waals surface area contributed by atoms with Gasteiger partial charge in [-0.1, -0.05) is 12.8 Å². The van der Waals surface area contributed by atoms with Gasteiger partial charge < -0.3 is 4.90 Å². The first-order chi connectivity index (χ1) is 6.90. The fraction of sp³-hybridized carbons (Fsp3) is 0.545. The molecule has 0 aliphatic carbocycles. The van der Waals surface area contributed by atoms with Gasteiger partial charge in [0.05, 0.1) is 4.88 Å². The van der Waals surface area contributed by atoms with Crippen LogP contribution in [0.15, 0.2) is 11.4 Å². The molecule has 0 saturated carbocycles. The maximum atomic E-state index is 10.6. The standard InChI is InChI=1S/C11H15NOS/c13-8-11-7-10(9-14-11)12-5-3-1-2-4-6-12/h7-9H,1-6H2. The SMILES string of the molecule is O=Cc1cc(N2CCCCCC2)cs1. The van der Waals surface area contributed by atoms with E-state index in [4.69, 9.17) is 0 Å². The summed E-state index contributed by atoms with van der Waals surface area (Å²) in [5.41, 5.74) is 1.24. The maximum absolute atomic E-state index is 10.6. The van der Waals surface area contributed by atoms with Crippen LogP contribution < -0.4 is 4.90 Å². The lowest BCUT2D eigenvalue weighted by atomic mass is 10.2. The maximum Gasteiger partial charge on any atom is 0.160 e. The third-order valence-corrected chi connectivity index (χ3v) is 3.54. The number of aldehydes is 1. The Labute approximate surface area is 88.5 Å². The average Bonchev–Trinajstić information content (AvgIpc) is 2.53. The molecule has 0 spiro atoms. The Kier molecular flexibility index (Phi) is 3.19. The summed E-state index contributed by atoms with van der Waals surface area (Å²) in [6.07, 6.45) is 6.20. The van der Waals surface area contributed by atoms with Crippen molar-refractivity contribution in [1.29, 1.82) is 0 Å². The first-order valence-corrected chi connectivity index (χ1v) is 6.07. The molecule has 0 unspecified atom stereocenters. The first-order valence-electron chi connectivity index (χ1n) is 5.19. The molecule has 0 amide bonds. The van der Waals surface area contributed by atoms with E-state index in [1.54, 1.807) is 11.3 Å². The molecule has 0 atom stereocenters. The summed E-state index contributed by atoms with van der Waals surface area (Å²) in [6, 6.07) is 2.00. The van der Waals surface area contributed by atoms with Crippen molar-refractivity contribution >= 4 is 23.3 Å². The molecule has 1 saturated heterocycles. The molecule has 1 aliphatic rings. The van der Waals surface area contributed by atoms with Crippen LogP contribution in [0.5, 0.6) is 0 Å². The molecule has 14 heavy (non-hydrogen) atoms. The van der Waals surface area contributed by atoms with Crippen LogP contribution in [0, 0.1) is 0 Å². The van der Waals surface area contributed by atoms with E-state index in [2.05, 4.69) is 10.3 Å². The number of nitrogens with zero attached hydrogens (tertiary/aromatic N) is 1. The molecule has 1 aromatic rings. The molecule has 0 radical (unpaired) electrons. The zero-order valence-corrected chi connectivity index (χ0v) is 9.05. The minimum Gasteiger partial charge on any atom is -0.371 e. The largest absolute Gasteiger partial charge is 0.371 e. The predicted octanol–water partition coefficient (Wildman–Crippen LogP) is 2.94. The summed E-state index contributed by atoms with van der Waals surface area (Å²) >= 11 is 1.54. The summed E-state index contributed by atoms with van der Waals surface area (Å²) in [5.74, 6) is 0. The van der Waals surface area contributed by atoms with Gasteiger partial charge in [0.15, 0.2) is 6.29 Å². The smallest absolute Gasteiger partial charge is 0.160 e. The molecule has 2 heterocycles. The molecule has 2 rings (SSSR count). The van der Waals surface area contributed by atoms with Crippen molar-refractivity contribution in [3.05, 3.63) is 16.3 Å². The van der Waals surface area contributed by atoms with Gasteiger partial charge in [0.25, 0.3) is 0 Å². The molecular formula is C11H15NOS. The van der Waals surface area contributed by atoms with E-state index < -0.39 is 0 Å². The summed E-state index contributed by atoms with van der Waals surface area (Å²) < 4.78 is 0. The van der Waals surface area contributed by atoms with Crippen LogP contribution in [0.2, 0.25) is 0 Å². The van der Waals surface area contributed by atoms with E-state index in [1.165, 1.54) is 31.4 Å². The monoisotopic (exact) mass is 209 g/mol. The van der Waals surface area contributed by atoms with Crippen LogP contribution in [-0.2, 0) is 0 Å². The van der Waals surface area contributed by atoms with Crippen molar-refractivity contribution in [2.75, 3.05) is 18.0 Å². The Morgan fingerprint density at radius 1 is 1.21 bits per heavy atom. The third kappa shape index (κ3) is 2.15. The minimum atomic E-state index is 0.837. The number of rotatable bonds is 2. The highest BCUT2D eigenvalue weighted by molar-refractivity contribution is 7.12. The molecule has 0 N–H and O–H groups in total. The second kappa shape index (κ2) is 4.60. The van der Waals surface area contributed by atoms with Crippen LogP contribution in [0.1, 0.15) is 35.4 Å². The van der Waals surface area contributed by atoms with Crippen molar-refractivity contribution in [3.8, 4) is 0 Å². The van der Waals surface area contributed by atoms with Gasteiger partial charge in [-0.05, 0) is 18.9 Å². The fourth-order valence-electron chi connectivity index (χ4n) is 1.90. The lowest BCUT2D eigenvalue weighted by molar-refractivity contribution is 0.112. The Morgan fingerprint density at radius 2 is 1.93 bits per heavy atom. The average molecular weight is 209 g/mol. The highest BCUT2D eigenvalue weighted by Crippen LogP contribution is 2.24. The van der Waals surface area contributed by atoms with E-state index >= 15 is 0 Å². The lowest BCUT2D eigenvalue weighted by Gasteiger charge is -2.20. The second-order valence-corrected chi connectivity index (χ2v) is 4.67. The highest BCUT2D eigenvalue weighted by Gasteiger charge is 2.11. The van der Waals surface area contributed by atoms with E-state index in [0.717, 1.165) is 24.3 Å². The van der Waals surface area contributed by atoms with Crippen LogP contribution in [-0.4, -0.2) is 19.4 Å². The molecule has 0 bridgehead atoms. The van der Waals surface area contributed by atoms with Gasteiger partial charge in [-0.3, -0.25) is 4.79 Å². The van der Waals surface area contributed by atoms with Gasteiger partial charge in [-0.15, -0.1) is 11.3 Å². The van der Waals surface area contributed by atoms with Gasteiger partial charge in [0.2, 0.25) is 0 Å². The lowest BCUT2D eigenvalue weighted by Crippen LogP contribution is -2.23. The molecule has 1 aromatic heterocycles. The molecule has 76 valence electrons. The fourth-order valence-corrected chi connectivity index (χ4v) is 2.62. The Morgan fingerprint density at radius 3 is 2.50 bits per heavy atom. The van der Waals surface area contributed by atoms with E-state index in [1.807, 2.05) is 6.07 Å². The molecule has 3 heteroatoms. The molecular weight excluding hydrogens is 194 g/mol. The normalized spacial score (nSPS) is 17.9. The van der Waals surface area contributed by atoms with Gasteiger partial charge in [0.1, 0.15) is 0 Å². The third-order valence-electron chi connectivity index (χ3n) is 2.69. The van der Waals surface area contributed by atoms with Crippen LogP contribution in [0.3, 0.4) is 0 Å². The highest BCUT2D eigenvalue weighted by atomic mass is 32.1. The van der Waals surface area contributed by atoms with E-state index in [0.29, 0.717) is 0 Å².